The molecular formula is C9H13IN5O4P. The zero-order chi connectivity index (χ0) is 14.9. The van der Waals surface area contributed by atoms with Gasteiger partial charge in [0, 0.05) is 29.1 Å². The molecule has 2 rings (SSSR count). The van der Waals surface area contributed by atoms with Crippen LogP contribution in [-0.4, -0.2) is 46.7 Å². The van der Waals surface area contributed by atoms with Crippen LogP contribution in [0.4, 0.5) is 5.82 Å². The number of aliphatic hydroxyl groups excluding tert-OH is 1. The highest BCUT2D eigenvalue weighted by Crippen LogP contribution is 2.35. The van der Waals surface area contributed by atoms with Crippen molar-refractivity contribution in [3.05, 3.63) is 10.2 Å². The molecule has 110 valence electrons. The van der Waals surface area contributed by atoms with E-state index in [1.807, 2.05) is 22.6 Å². The first kappa shape index (κ1) is 15.6. The van der Waals surface area contributed by atoms with E-state index in [9.17, 15) is 9.67 Å². The molecule has 20 heavy (non-hydrogen) atoms. The van der Waals surface area contributed by atoms with Gasteiger partial charge in [-0.05, 0) is 6.42 Å². The molecule has 0 aliphatic carbocycles. The third kappa shape index (κ3) is 3.85. The number of halogens is 1. The number of nitrogens with two attached hydrogens (primary N) is 1. The molecule has 9 nitrogen and oxygen atoms in total. The van der Waals surface area contributed by atoms with Crippen LogP contribution in [0.2, 0.25) is 0 Å². The summed E-state index contributed by atoms with van der Waals surface area (Å²) >= 11 is 1.93. The zero-order valence-corrected chi connectivity index (χ0v) is 13.3. The van der Waals surface area contributed by atoms with Crippen molar-refractivity contribution >= 4 is 47.2 Å². The highest BCUT2D eigenvalue weighted by atomic mass is 127. The smallest absolute Gasteiger partial charge is 0.328 e. The van der Waals surface area contributed by atoms with E-state index in [-0.39, 0.29) is 12.2 Å². The third-order valence-corrected chi connectivity index (χ3v) is 3.99. The Kier molecular flexibility index (Phi) is 4.59. The van der Waals surface area contributed by atoms with Gasteiger partial charge in [-0.2, -0.15) is 0 Å². The number of nitrogens with zero attached hydrogens (tertiary/aromatic N) is 4. The van der Waals surface area contributed by atoms with Gasteiger partial charge in [-0.15, -0.1) is 0 Å². The lowest BCUT2D eigenvalue weighted by molar-refractivity contribution is 0.173. The summed E-state index contributed by atoms with van der Waals surface area (Å²) < 4.78 is 12.9. The Hall–Kier alpha value is -0.810. The molecule has 2 aromatic heterocycles. The maximum atomic E-state index is 10.8. The minimum atomic E-state index is -4.21. The first-order chi connectivity index (χ1) is 9.26. The number of anilines is 1. The van der Waals surface area contributed by atoms with Crippen LogP contribution in [0, 0.1) is 3.83 Å². The van der Waals surface area contributed by atoms with E-state index in [0.717, 1.165) is 0 Å². The average Bonchev–Trinajstić information content (AvgIpc) is 2.67. The van der Waals surface area contributed by atoms with Gasteiger partial charge >= 0.3 is 7.60 Å². The van der Waals surface area contributed by atoms with Crippen molar-refractivity contribution in [3.63, 3.8) is 0 Å². The van der Waals surface area contributed by atoms with Crippen molar-refractivity contribution in [1.82, 2.24) is 19.5 Å². The molecule has 2 aromatic rings. The van der Waals surface area contributed by atoms with Gasteiger partial charge in [-0.1, -0.05) is 0 Å². The van der Waals surface area contributed by atoms with Crippen molar-refractivity contribution in [3.8, 4) is 0 Å². The Morgan fingerprint density at radius 1 is 1.45 bits per heavy atom. The second-order valence-electron chi connectivity index (χ2n) is 4.28. The number of aliphatic hydroxyl groups is 1. The Morgan fingerprint density at radius 3 is 2.80 bits per heavy atom. The summed E-state index contributed by atoms with van der Waals surface area (Å²) in [6.07, 6.45) is 0.0352. The minimum Gasteiger partial charge on any atom is -0.392 e. The first-order valence-corrected chi connectivity index (χ1v) is 8.50. The molecule has 0 unspecified atom stereocenters. The molecule has 0 bridgehead atoms. The Labute approximate surface area is 127 Å². The number of imidazole rings is 1. The number of hydrogen-bond donors (Lipinski definition) is 4. The first-order valence-electron chi connectivity index (χ1n) is 5.63. The maximum absolute atomic E-state index is 10.8. The van der Waals surface area contributed by atoms with Gasteiger partial charge in [-0.25, -0.2) is 15.0 Å². The minimum absolute atomic E-state index is 0.178. The lowest BCUT2D eigenvalue weighted by atomic mass is 10.3. The SMILES string of the molecule is Nc1nc(I)nc2c1ncn2CC[C@H](O)CP(=O)(O)O. The molecule has 0 fully saturated rings. The lowest BCUT2D eigenvalue weighted by Gasteiger charge is -2.12. The van der Waals surface area contributed by atoms with Crippen LogP contribution in [0.25, 0.3) is 11.2 Å². The Bertz CT molecular complexity index is 672. The van der Waals surface area contributed by atoms with Crippen LogP contribution in [0.1, 0.15) is 6.42 Å². The van der Waals surface area contributed by atoms with E-state index in [4.69, 9.17) is 15.5 Å². The van der Waals surface area contributed by atoms with Crippen molar-refractivity contribution < 1.29 is 19.5 Å². The van der Waals surface area contributed by atoms with E-state index in [0.29, 0.717) is 21.5 Å². The number of aryl methyl sites for hydroxylation is 1. The normalized spacial score (nSPS) is 13.8. The maximum Gasteiger partial charge on any atom is 0.328 e. The van der Waals surface area contributed by atoms with Crippen LogP contribution in [0.5, 0.6) is 0 Å². The second-order valence-corrected chi connectivity index (χ2v) is 6.94. The van der Waals surface area contributed by atoms with E-state index in [1.54, 1.807) is 4.57 Å². The predicted molar refractivity (Wildman–Crippen MR) is 80.0 cm³/mol. The molecule has 0 aliphatic heterocycles. The van der Waals surface area contributed by atoms with Crippen molar-refractivity contribution in [2.45, 2.75) is 19.1 Å². The molecule has 0 radical (unpaired) electrons. The fourth-order valence-corrected chi connectivity index (χ4v) is 2.98. The summed E-state index contributed by atoms with van der Waals surface area (Å²) in [6, 6.07) is 0. The third-order valence-electron chi connectivity index (χ3n) is 2.62. The molecule has 5 N–H and O–H groups in total. The van der Waals surface area contributed by atoms with Crippen LogP contribution in [0.15, 0.2) is 6.33 Å². The van der Waals surface area contributed by atoms with Gasteiger partial charge in [-0.3, -0.25) is 4.57 Å². The standard InChI is InChI=1S/C9H13IN5O4P/c10-9-13-7(11)6-8(14-9)15(4-12-6)2-1-5(16)3-20(17,18)19/h4-5,16H,1-3H2,(H2,11,13,14)(H2,17,18,19)/t5-/m0/s1. The summed E-state index contributed by atoms with van der Waals surface area (Å²) in [7, 11) is -4.21. The van der Waals surface area contributed by atoms with Crippen molar-refractivity contribution in [2.75, 3.05) is 11.9 Å². The highest BCUT2D eigenvalue weighted by Gasteiger charge is 2.20. The van der Waals surface area contributed by atoms with Crippen molar-refractivity contribution in [2.24, 2.45) is 0 Å². The topological polar surface area (TPSA) is 147 Å². The molecule has 0 saturated heterocycles. The van der Waals surface area contributed by atoms with Crippen LogP contribution in [0.3, 0.4) is 0 Å². The number of hydrogen-bond acceptors (Lipinski definition) is 6. The van der Waals surface area contributed by atoms with Crippen LogP contribution < -0.4 is 5.73 Å². The fraction of sp³-hybridized carbons (Fsp3) is 0.444. The highest BCUT2D eigenvalue weighted by molar-refractivity contribution is 14.1. The van der Waals surface area contributed by atoms with Gasteiger partial charge < -0.3 is 25.2 Å². The van der Waals surface area contributed by atoms with Gasteiger partial charge in [0.2, 0.25) is 0 Å². The molecule has 11 heteroatoms. The molecule has 0 aromatic carbocycles. The summed E-state index contributed by atoms with van der Waals surface area (Å²) in [5.74, 6) is 0.272. The quantitative estimate of drug-likeness (QED) is 0.303. The number of fused-ring (bicyclic) bond motifs is 1. The summed E-state index contributed by atoms with van der Waals surface area (Å²) in [5.41, 5.74) is 6.73. The molecular weight excluding hydrogens is 400 g/mol. The molecule has 0 amide bonds. The van der Waals surface area contributed by atoms with E-state index in [1.165, 1.54) is 6.33 Å². The monoisotopic (exact) mass is 413 g/mol. The summed E-state index contributed by atoms with van der Waals surface area (Å²) in [6.45, 7) is 0.324. The van der Waals surface area contributed by atoms with Gasteiger partial charge in [0.15, 0.2) is 15.3 Å². The second kappa shape index (κ2) is 5.90. The molecule has 0 saturated carbocycles. The van der Waals surface area contributed by atoms with Gasteiger partial charge in [0.25, 0.3) is 0 Å². The number of aromatic nitrogens is 4. The molecule has 0 aliphatic rings. The van der Waals surface area contributed by atoms with E-state index >= 15 is 0 Å². The van der Waals surface area contributed by atoms with Gasteiger partial charge in [0.05, 0.1) is 18.6 Å². The zero-order valence-electron chi connectivity index (χ0n) is 10.2. The summed E-state index contributed by atoms with van der Waals surface area (Å²) in [4.78, 5) is 29.8. The number of nitrogen functional groups attached to an aromatic ring is 1. The van der Waals surface area contributed by atoms with E-state index < -0.39 is 19.9 Å². The van der Waals surface area contributed by atoms with E-state index in [2.05, 4.69) is 15.0 Å². The van der Waals surface area contributed by atoms with Crippen LogP contribution >= 0.6 is 30.2 Å². The molecule has 2 heterocycles. The Morgan fingerprint density at radius 2 is 2.15 bits per heavy atom. The molecule has 0 spiro atoms. The fourth-order valence-electron chi connectivity index (χ4n) is 1.76. The molecule has 1 atom stereocenters. The van der Waals surface area contributed by atoms with Crippen LogP contribution in [-0.2, 0) is 11.1 Å². The Balaban J connectivity index is 2.13. The predicted octanol–water partition coefficient (Wildman–Crippen LogP) is -0.0582. The largest absolute Gasteiger partial charge is 0.392 e. The van der Waals surface area contributed by atoms with Crippen molar-refractivity contribution in [1.29, 1.82) is 0 Å². The number of rotatable bonds is 5. The lowest BCUT2D eigenvalue weighted by Crippen LogP contribution is -2.15. The average molecular weight is 413 g/mol. The summed E-state index contributed by atoms with van der Waals surface area (Å²) in [5, 5.41) is 9.58. The van der Waals surface area contributed by atoms with Gasteiger partial charge in [0.1, 0.15) is 5.52 Å².